The Kier molecular flexibility index (Phi) is 5.92. The first-order valence-corrected chi connectivity index (χ1v) is 9.61. The van der Waals surface area contributed by atoms with Crippen molar-refractivity contribution in [3.05, 3.63) is 72.9 Å². The molecule has 0 aliphatic carbocycles. The van der Waals surface area contributed by atoms with Crippen molar-refractivity contribution in [1.82, 2.24) is 15.0 Å². The lowest BCUT2D eigenvalue weighted by molar-refractivity contribution is 0.197. The van der Waals surface area contributed by atoms with Crippen LogP contribution >= 0.6 is 0 Å². The Morgan fingerprint density at radius 2 is 1.79 bits per heavy atom. The number of nitrogens with zero attached hydrogens (tertiary/aromatic N) is 3. The number of para-hydroxylation sites is 1. The van der Waals surface area contributed by atoms with Crippen molar-refractivity contribution in [3.63, 3.8) is 0 Å². The summed E-state index contributed by atoms with van der Waals surface area (Å²) in [4.78, 5) is 13.9. The number of nitrogens with one attached hydrogen (secondary N) is 2. The smallest absolute Gasteiger partial charge is 0.225 e. The quantitative estimate of drug-likeness (QED) is 0.421. The van der Waals surface area contributed by atoms with Gasteiger partial charge in [0.1, 0.15) is 5.82 Å². The van der Waals surface area contributed by atoms with E-state index in [2.05, 4.69) is 25.6 Å². The number of rotatable bonds is 8. The Morgan fingerprint density at radius 1 is 0.931 bits per heavy atom. The highest BCUT2D eigenvalue weighted by atomic mass is 16.5. The predicted molar refractivity (Wildman–Crippen MR) is 117 cm³/mol. The Balaban J connectivity index is 1.67. The van der Waals surface area contributed by atoms with Gasteiger partial charge >= 0.3 is 0 Å². The number of fused-ring (bicyclic) bond motifs is 1. The van der Waals surface area contributed by atoms with Gasteiger partial charge in [-0.25, -0.2) is 4.98 Å². The van der Waals surface area contributed by atoms with Gasteiger partial charge in [-0.2, -0.15) is 4.98 Å². The molecule has 6 heteroatoms. The van der Waals surface area contributed by atoms with E-state index in [4.69, 9.17) is 4.74 Å². The van der Waals surface area contributed by atoms with Crippen molar-refractivity contribution in [2.45, 2.75) is 6.42 Å². The standard InChI is InChI=1S/C23H23N5O/c1-29-15-7-14-25-23-27-20(17-8-3-2-4-9-17)16-21(28-23)26-19-12-5-10-18-11-6-13-24-22(18)19/h2-6,8-13,16H,7,14-15H2,1H3,(H2,25,26,27,28). The van der Waals surface area contributed by atoms with Gasteiger partial charge in [0.25, 0.3) is 0 Å². The van der Waals surface area contributed by atoms with E-state index in [0.717, 1.165) is 40.8 Å². The zero-order chi connectivity index (χ0) is 19.9. The summed E-state index contributed by atoms with van der Waals surface area (Å²) < 4.78 is 5.12. The third-order valence-corrected chi connectivity index (χ3v) is 4.50. The predicted octanol–water partition coefficient (Wildman–Crippen LogP) is 4.88. The number of benzene rings is 2. The molecule has 4 aromatic rings. The summed E-state index contributed by atoms with van der Waals surface area (Å²) >= 11 is 0. The zero-order valence-corrected chi connectivity index (χ0v) is 16.3. The van der Waals surface area contributed by atoms with Crippen LogP contribution in [-0.4, -0.2) is 35.2 Å². The van der Waals surface area contributed by atoms with Gasteiger partial charge < -0.3 is 15.4 Å². The number of hydrogen-bond acceptors (Lipinski definition) is 6. The van der Waals surface area contributed by atoms with Crippen LogP contribution in [0.25, 0.3) is 22.2 Å². The monoisotopic (exact) mass is 385 g/mol. The molecule has 2 N–H and O–H groups in total. The maximum atomic E-state index is 5.12. The largest absolute Gasteiger partial charge is 0.385 e. The second-order valence-corrected chi connectivity index (χ2v) is 6.61. The van der Waals surface area contributed by atoms with E-state index in [1.165, 1.54) is 0 Å². The summed E-state index contributed by atoms with van der Waals surface area (Å²) in [7, 11) is 1.70. The topological polar surface area (TPSA) is 72.0 Å². The van der Waals surface area contributed by atoms with E-state index in [9.17, 15) is 0 Å². The van der Waals surface area contributed by atoms with Crippen LogP contribution in [0.3, 0.4) is 0 Å². The lowest BCUT2D eigenvalue weighted by atomic mass is 10.1. The molecule has 2 aromatic carbocycles. The van der Waals surface area contributed by atoms with Crippen molar-refractivity contribution in [2.75, 3.05) is 30.9 Å². The highest BCUT2D eigenvalue weighted by Crippen LogP contribution is 2.27. The van der Waals surface area contributed by atoms with Crippen LogP contribution in [0.1, 0.15) is 6.42 Å². The second-order valence-electron chi connectivity index (χ2n) is 6.61. The normalized spacial score (nSPS) is 10.8. The summed E-state index contributed by atoms with van der Waals surface area (Å²) in [6.45, 7) is 1.43. The van der Waals surface area contributed by atoms with Crippen molar-refractivity contribution < 1.29 is 4.74 Å². The van der Waals surface area contributed by atoms with E-state index >= 15 is 0 Å². The van der Waals surface area contributed by atoms with E-state index in [0.29, 0.717) is 18.4 Å². The highest BCUT2D eigenvalue weighted by molar-refractivity contribution is 5.91. The molecule has 0 radical (unpaired) electrons. The van der Waals surface area contributed by atoms with Crippen LogP contribution < -0.4 is 10.6 Å². The fourth-order valence-electron chi connectivity index (χ4n) is 3.11. The molecule has 2 aromatic heterocycles. The Labute approximate surface area is 170 Å². The molecule has 0 aliphatic heterocycles. The van der Waals surface area contributed by atoms with Crippen molar-refractivity contribution in [3.8, 4) is 11.3 Å². The minimum Gasteiger partial charge on any atom is -0.385 e. The molecule has 0 amide bonds. The molecular weight excluding hydrogens is 362 g/mol. The Bertz CT molecular complexity index is 1080. The molecule has 0 unspecified atom stereocenters. The molecule has 6 nitrogen and oxygen atoms in total. The van der Waals surface area contributed by atoms with Crippen molar-refractivity contribution in [2.24, 2.45) is 0 Å². The number of aromatic nitrogens is 3. The molecular formula is C23H23N5O. The third kappa shape index (κ3) is 4.67. The first kappa shape index (κ1) is 18.8. The van der Waals surface area contributed by atoms with Gasteiger partial charge in [0.2, 0.25) is 5.95 Å². The van der Waals surface area contributed by atoms with Crippen LogP contribution in [0.4, 0.5) is 17.5 Å². The van der Waals surface area contributed by atoms with Crippen molar-refractivity contribution >= 4 is 28.4 Å². The van der Waals surface area contributed by atoms with Crippen molar-refractivity contribution in [1.29, 1.82) is 0 Å². The fraction of sp³-hybridized carbons (Fsp3) is 0.174. The number of pyridine rings is 1. The number of hydrogen-bond donors (Lipinski definition) is 2. The van der Waals surface area contributed by atoms with Crippen LogP contribution in [-0.2, 0) is 4.74 Å². The van der Waals surface area contributed by atoms with E-state index in [1.54, 1.807) is 13.3 Å². The first-order valence-electron chi connectivity index (χ1n) is 9.61. The minimum atomic E-state index is 0.582. The van der Waals surface area contributed by atoms with Crippen LogP contribution in [0, 0.1) is 0 Å². The molecule has 0 saturated heterocycles. The zero-order valence-electron chi connectivity index (χ0n) is 16.3. The minimum absolute atomic E-state index is 0.582. The Hall–Kier alpha value is -3.51. The summed E-state index contributed by atoms with van der Waals surface area (Å²) in [6.07, 6.45) is 2.68. The van der Waals surface area contributed by atoms with Gasteiger partial charge in [0, 0.05) is 43.5 Å². The molecule has 0 fully saturated rings. The van der Waals surface area contributed by atoms with Gasteiger partial charge in [-0.3, -0.25) is 4.98 Å². The van der Waals surface area contributed by atoms with Gasteiger partial charge in [-0.1, -0.05) is 48.5 Å². The third-order valence-electron chi connectivity index (χ3n) is 4.50. The Morgan fingerprint density at radius 3 is 2.66 bits per heavy atom. The van der Waals surface area contributed by atoms with Gasteiger partial charge in [-0.05, 0) is 18.6 Å². The van der Waals surface area contributed by atoms with E-state index in [-0.39, 0.29) is 0 Å². The number of anilines is 3. The SMILES string of the molecule is COCCCNc1nc(Nc2cccc3cccnc23)cc(-c2ccccc2)n1. The number of ether oxygens (including phenoxy) is 1. The van der Waals surface area contributed by atoms with E-state index < -0.39 is 0 Å². The molecule has 0 bridgehead atoms. The maximum absolute atomic E-state index is 5.12. The molecule has 0 atom stereocenters. The maximum Gasteiger partial charge on any atom is 0.225 e. The molecule has 2 heterocycles. The van der Waals surface area contributed by atoms with Crippen LogP contribution in [0.2, 0.25) is 0 Å². The van der Waals surface area contributed by atoms with Gasteiger partial charge in [0.15, 0.2) is 0 Å². The highest BCUT2D eigenvalue weighted by Gasteiger charge is 2.09. The fourth-order valence-corrected chi connectivity index (χ4v) is 3.11. The molecule has 0 aliphatic rings. The van der Waals surface area contributed by atoms with Crippen LogP contribution in [0.15, 0.2) is 72.9 Å². The number of methoxy groups -OCH3 is 1. The summed E-state index contributed by atoms with van der Waals surface area (Å²) in [5, 5.41) is 7.79. The van der Waals surface area contributed by atoms with Gasteiger partial charge in [-0.15, -0.1) is 0 Å². The summed E-state index contributed by atoms with van der Waals surface area (Å²) in [5.41, 5.74) is 3.70. The van der Waals surface area contributed by atoms with Crippen LogP contribution in [0.5, 0.6) is 0 Å². The van der Waals surface area contributed by atoms with E-state index in [1.807, 2.05) is 66.7 Å². The summed E-state index contributed by atoms with van der Waals surface area (Å²) in [5.74, 6) is 1.30. The lowest BCUT2D eigenvalue weighted by Crippen LogP contribution is -2.09. The molecule has 0 saturated carbocycles. The molecule has 29 heavy (non-hydrogen) atoms. The molecule has 4 rings (SSSR count). The average molecular weight is 385 g/mol. The first-order chi connectivity index (χ1) is 14.3. The molecule has 146 valence electrons. The average Bonchev–Trinajstić information content (AvgIpc) is 2.77. The summed E-state index contributed by atoms with van der Waals surface area (Å²) in [6, 6.07) is 22.1. The lowest BCUT2D eigenvalue weighted by Gasteiger charge is -2.12. The second kappa shape index (κ2) is 9.12. The molecule has 0 spiro atoms. The van der Waals surface area contributed by atoms with Gasteiger partial charge in [0.05, 0.1) is 16.9 Å².